The second-order valence-electron chi connectivity index (χ2n) is 4.33. The van der Waals surface area contributed by atoms with E-state index in [9.17, 15) is 9.00 Å². The van der Waals surface area contributed by atoms with Crippen LogP contribution in [-0.2, 0) is 16.8 Å². The lowest BCUT2D eigenvalue weighted by Gasteiger charge is -2.02. The molecule has 6 nitrogen and oxygen atoms in total. The Morgan fingerprint density at radius 2 is 2.00 bits per heavy atom. The average Bonchev–Trinajstić information content (AvgIpc) is 2.46. The molecule has 1 N–H and O–H groups in total. The van der Waals surface area contributed by atoms with E-state index >= 15 is 0 Å². The molecule has 0 saturated carbocycles. The fourth-order valence-corrected chi connectivity index (χ4v) is 2.31. The SMILES string of the molecule is O=c1oc2nc(CS(=O)O)ncc2cc1-c1ccccc1. The summed E-state index contributed by atoms with van der Waals surface area (Å²) in [6, 6.07) is 10.8. The molecule has 3 rings (SSSR count). The summed E-state index contributed by atoms with van der Waals surface area (Å²) < 4.78 is 24.8. The monoisotopic (exact) mass is 302 g/mol. The van der Waals surface area contributed by atoms with Crippen LogP contribution < -0.4 is 5.63 Å². The highest BCUT2D eigenvalue weighted by atomic mass is 32.2. The molecule has 2 aromatic heterocycles. The van der Waals surface area contributed by atoms with Gasteiger partial charge in [-0.1, -0.05) is 30.3 Å². The van der Waals surface area contributed by atoms with Crippen LogP contribution in [0.1, 0.15) is 5.82 Å². The van der Waals surface area contributed by atoms with Gasteiger partial charge in [0.15, 0.2) is 11.1 Å². The van der Waals surface area contributed by atoms with Gasteiger partial charge in [0.25, 0.3) is 0 Å². The fourth-order valence-electron chi connectivity index (χ4n) is 1.95. The first-order valence-electron chi connectivity index (χ1n) is 6.06. The molecule has 1 aromatic carbocycles. The summed E-state index contributed by atoms with van der Waals surface area (Å²) in [5.41, 5.74) is 0.762. The number of rotatable bonds is 3. The maximum absolute atomic E-state index is 12.0. The van der Waals surface area contributed by atoms with Gasteiger partial charge in [-0.05, 0) is 11.6 Å². The summed E-state index contributed by atoms with van der Waals surface area (Å²) in [7, 11) is 0. The molecule has 2 heterocycles. The minimum absolute atomic E-state index is 0.107. The third-order valence-corrected chi connectivity index (χ3v) is 3.38. The lowest BCUT2D eigenvalue weighted by molar-refractivity contribution is 0.547. The predicted molar refractivity (Wildman–Crippen MR) is 78.0 cm³/mol. The predicted octanol–water partition coefficient (Wildman–Crippen LogP) is 1.97. The van der Waals surface area contributed by atoms with E-state index < -0.39 is 16.7 Å². The molecule has 7 heteroatoms. The number of fused-ring (bicyclic) bond motifs is 1. The Morgan fingerprint density at radius 1 is 1.24 bits per heavy atom. The van der Waals surface area contributed by atoms with Gasteiger partial charge in [-0.15, -0.1) is 0 Å². The number of hydrogen-bond donors (Lipinski definition) is 1. The Labute approximate surface area is 121 Å². The van der Waals surface area contributed by atoms with Crippen LogP contribution in [0, 0.1) is 0 Å². The average molecular weight is 302 g/mol. The van der Waals surface area contributed by atoms with Gasteiger partial charge < -0.3 is 8.97 Å². The minimum atomic E-state index is -2.04. The van der Waals surface area contributed by atoms with Gasteiger partial charge in [0.2, 0.25) is 5.71 Å². The van der Waals surface area contributed by atoms with Crippen LogP contribution in [0.25, 0.3) is 22.2 Å². The maximum Gasteiger partial charge on any atom is 0.345 e. The highest BCUT2D eigenvalue weighted by molar-refractivity contribution is 7.78. The minimum Gasteiger partial charge on any atom is -0.403 e. The molecule has 0 aliphatic carbocycles. The molecule has 0 bridgehead atoms. The largest absolute Gasteiger partial charge is 0.403 e. The first-order valence-corrected chi connectivity index (χ1v) is 7.34. The van der Waals surface area contributed by atoms with E-state index in [0.717, 1.165) is 5.56 Å². The number of nitrogens with zero attached hydrogens (tertiary/aromatic N) is 2. The lowest BCUT2D eigenvalue weighted by Crippen LogP contribution is -2.05. The fraction of sp³-hybridized carbons (Fsp3) is 0.0714. The molecule has 0 amide bonds. The van der Waals surface area contributed by atoms with Crippen LogP contribution in [0.4, 0.5) is 0 Å². The Balaban J connectivity index is 2.13. The van der Waals surface area contributed by atoms with Crippen LogP contribution >= 0.6 is 0 Å². The first-order chi connectivity index (χ1) is 10.1. The van der Waals surface area contributed by atoms with E-state index in [2.05, 4.69) is 9.97 Å². The van der Waals surface area contributed by atoms with Crippen molar-refractivity contribution in [3.05, 3.63) is 58.8 Å². The maximum atomic E-state index is 12.0. The molecule has 1 atom stereocenters. The first kappa shape index (κ1) is 13.6. The summed E-state index contributed by atoms with van der Waals surface area (Å²) in [6.45, 7) is 0. The number of hydrogen-bond acceptors (Lipinski definition) is 5. The van der Waals surface area contributed by atoms with E-state index in [0.29, 0.717) is 10.9 Å². The molecule has 106 valence electrons. The standard InChI is InChI=1S/C14H10N2O4S/c17-14-11(9-4-2-1-3-5-9)6-10-7-15-12(8-21(18)19)16-13(10)20-14/h1-7H,8H2,(H,18,19). The quantitative estimate of drug-likeness (QED) is 0.743. The molecule has 1 unspecified atom stereocenters. The topological polar surface area (TPSA) is 93.3 Å². The lowest BCUT2D eigenvalue weighted by atomic mass is 10.1. The zero-order chi connectivity index (χ0) is 14.8. The molecule has 0 aliphatic rings. The highest BCUT2D eigenvalue weighted by Gasteiger charge is 2.10. The van der Waals surface area contributed by atoms with Crippen LogP contribution in [0.2, 0.25) is 0 Å². The second-order valence-corrected chi connectivity index (χ2v) is 5.26. The third-order valence-electron chi connectivity index (χ3n) is 2.88. The number of benzene rings is 1. The van der Waals surface area contributed by atoms with Crippen molar-refractivity contribution < 1.29 is 13.2 Å². The summed E-state index contributed by atoms with van der Waals surface area (Å²) in [5.74, 6) is -0.0564. The van der Waals surface area contributed by atoms with E-state index in [1.165, 1.54) is 6.20 Å². The Hall–Kier alpha value is -2.38. The van der Waals surface area contributed by atoms with Gasteiger partial charge in [0.1, 0.15) is 11.6 Å². The van der Waals surface area contributed by atoms with Crippen molar-refractivity contribution in [1.29, 1.82) is 0 Å². The van der Waals surface area contributed by atoms with E-state index in [-0.39, 0.29) is 17.3 Å². The summed E-state index contributed by atoms with van der Waals surface area (Å²) in [6.07, 6.45) is 1.47. The smallest absolute Gasteiger partial charge is 0.345 e. The zero-order valence-corrected chi connectivity index (χ0v) is 11.5. The van der Waals surface area contributed by atoms with Gasteiger partial charge in [-0.25, -0.2) is 14.0 Å². The normalized spacial score (nSPS) is 12.4. The summed E-state index contributed by atoms with van der Waals surface area (Å²) >= 11 is -2.04. The molecule has 0 fully saturated rings. The highest BCUT2D eigenvalue weighted by Crippen LogP contribution is 2.19. The second kappa shape index (κ2) is 5.55. The van der Waals surface area contributed by atoms with Crippen molar-refractivity contribution in [2.45, 2.75) is 5.75 Å². The van der Waals surface area contributed by atoms with Gasteiger partial charge in [0, 0.05) is 6.20 Å². The molecule has 0 aliphatic heterocycles. The van der Waals surface area contributed by atoms with Crippen molar-refractivity contribution in [3.8, 4) is 11.1 Å². The number of aromatic nitrogens is 2. The Morgan fingerprint density at radius 3 is 2.71 bits per heavy atom. The van der Waals surface area contributed by atoms with Crippen molar-refractivity contribution in [2.24, 2.45) is 0 Å². The van der Waals surface area contributed by atoms with Gasteiger partial charge in [0.05, 0.1) is 10.9 Å². The van der Waals surface area contributed by atoms with Crippen LogP contribution in [0.15, 0.2) is 51.8 Å². The molecule has 3 aromatic rings. The Kier molecular flexibility index (Phi) is 3.59. The summed E-state index contributed by atoms with van der Waals surface area (Å²) in [5, 5.41) is 0.556. The van der Waals surface area contributed by atoms with Crippen molar-refractivity contribution >= 4 is 22.2 Å². The van der Waals surface area contributed by atoms with Crippen molar-refractivity contribution in [3.63, 3.8) is 0 Å². The van der Waals surface area contributed by atoms with Crippen LogP contribution in [0.3, 0.4) is 0 Å². The van der Waals surface area contributed by atoms with Gasteiger partial charge in [-0.2, -0.15) is 4.98 Å². The molecule has 0 radical (unpaired) electrons. The molecule has 0 spiro atoms. The van der Waals surface area contributed by atoms with Gasteiger partial charge >= 0.3 is 5.63 Å². The van der Waals surface area contributed by atoms with Crippen molar-refractivity contribution in [1.82, 2.24) is 9.97 Å². The molecular weight excluding hydrogens is 292 g/mol. The Bertz CT molecular complexity index is 877. The van der Waals surface area contributed by atoms with E-state index in [1.54, 1.807) is 6.07 Å². The summed E-state index contributed by atoms with van der Waals surface area (Å²) in [4.78, 5) is 20.0. The van der Waals surface area contributed by atoms with Crippen LogP contribution in [-0.4, -0.2) is 18.7 Å². The van der Waals surface area contributed by atoms with E-state index in [4.69, 9.17) is 8.97 Å². The van der Waals surface area contributed by atoms with Crippen LogP contribution in [0.5, 0.6) is 0 Å². The molecule has 21 heavy (non-hydrogen) atoms. The third kappa shape index (κ3) is 2.88. The van der Waals surface area contributed by atoms with Gasteiger partial charge in [-0.3, -0.25) is 0 Å². The molecular formula is C14H10N2O4S. The molecule has 0 saturated heterocycles. The zero-order valence-electron chi connectivity index (χ0n) is 10.7. The van der Waals surface area contributed by atoms with Crippen molar-refractivity contribution in [2.75, 3.05) is 0 Å². The van der Waals surface area contributed by atoms with E-state index in [1.807, 2.05) is 30.3 Å².